The molecule has 0 spiro atoms. The van der Waals surface area contributed by atoms with Gasteiger partial charge in [-0.25, -0.2) is 0 Å². The van der Waals surface area contributed by atoms with E-state index >= 15 is 0 Å². The molecule has 3 nitrogen and oxygen atoms in total. The van der Waals surface area contributed by atoms with E-state index in [9.17, 15) is 0 Å². The van der Waals surface area contributed by atoms with Crippen LogP contribution in [-0.4, -0.2) is 25.2 Å². The third-order valence-electron chi connectivity index (χ3n) is 3.98. The second kappa shape index (κ2) is 5.68. The maximum Gasteiger partial charge on any atom is 0.0749 e. The number of nitrogens with zero attached hydrogens (tertiary/aromatic N) is 1. The van der Waals surface area contributed by atoms with Gasteiger partial charge in [-0.15, -0.1) is 0 Å². The lowest BCUT2D eigenvalue weighted by Crippen LogP contribution is -2.31. The zero-order chi connectivity index (χ0) is 13.1. The van der Waals surface area contributed by atoms with Crippen molar-refractivity contribution in [1.29, 1.82) is 0 Å². The Morgan fingerprint density at radius 2 is 2.21 bits per heavy atom. The highest BCUT2D eigenvalue weighted by Crippen LogP contribution is 2.31. The molecule has 1 fully saturated rings. The SMILES string of the molecule is CNC(c1cccc2cccnc12)C1CCCOC1. The molecule has 100 valence electrons. The Balaban J connectivity index is 2.00. The van der Waals surface area contributed by atoms with Gasteiger partial charge in [0, 0.05) is 30.1 Å². The molecule has 1 saturated heterocycles. The summed E-state index contributed by atoms with van der Waals surface area (Å²) in [5, 5.41) is 4.67. The van der Waals surface area contributed by atoms with Crippen LogP contribution in [0.25, 0.3) is 10.9 Å². The van der Waals surface area contributed by atoms with Crippen LogP contribution in [0.3, 0.4) is 0 Å². The quantitative estimate of drug-likeness (QED) is 0.917. The van der Waals surface area contributed by atoms with Crippen LogP contribution in [0.15, 0.2) is 36.5 Å². The van der Waals surface area contributed by atoms with Crippen LogP contribution in [0.4, 0.5) is 0 Å². The standard InChI is InChI=1S/C16H20N2O/c1-17-15(13-7-4-10-19-11-13)14-8-2-5-12-6-3-9-18-16(12)14/h2-3,5-6,8-9,13,15,17H,4,7,10-11H2,1H3. The number of hydrogen-bond donors (Lipinski definition) is 1. The molecular weight excluding hydrogens is 236 g/mol. The fourth-order valence-corrected chi connectivity index (χ4v) is 3.05. The lowest BCUT2D eigenvalue weighted by atomic mass is 9.88. The van der Waals surface area contributed by atoms with Crippen LogP contribution in [0.5, 0.6) is 0 Å². The molecule has 0 amide bonds. The van der Waals surface area contributed by atoms with E-state index in [1.807, 2.05) is 19.3 Å². The number of fused-ring (bicyclic) bond motifs is 1. The van der Waals surface area contributed by atoms with Gasteiger partial charge in [0.15, 0.2) is 0 Å². The van der Waals surface area contributed by atoms with E-state index in [0.717, 1.165) is 25.2 Å². The van der Waals surface area contributed by atoms with E-state index in [0.29, 0.717) is 12.0 Å². The average Bonchev–Trinajstić information content (AvgIpc) is 2.49. The molecule has 1 aromatic heterocycles. The highest BCUT2D eigenvalue weighted by atomic mass is 16.5. The molecule has 0 aliphatic carbocycles. The second-order valence-corrected chi connectivity index (χ2v) is 5.17. The number of aromatic nitrogens is 1. The Bertz CT molecular complexity index is 544. The predicted octanol–water partition coefficient (Wildman–Crippen LogP) is 2.92. The Kier molecular flexibility index (Phi) is 3.76. The van der Waals surface area contributed by atoms with Gasteiger partial charge in [0.05, 0.1) is 12.1 Å². The van der Waals surface area contributed by atoms with Gasteiger partial charge in [-0.1, -0.05) is 24.3 Å². The largest absolute Gasteiger partial charge is 0.381 e. The van der Waals surface area contributed by atoms with Gasteiger partial charge in [0.25, 0.3) is 0 Å². The first kappa shape index (κ1) is 12.6. The third kappa shape index (κ3) is 2.48. The van der Waals surface area contributed by atoms with Crippen molar-refractivity contribution in [3.8, 4) is 0 Å². The average molecular weight is 256 g/mol. The summed E-state index contributed by atoms with van der Waals surface area (Å²) in [4.78, 5) is 4.56. The zero-order valence-electron chi connectivity index (χ0n) is 11.3. The Morgan fingerprint density at radius 3 is 3.00 bits per heavy atom. The van der Waals surface area contributed by atoms with Gasteiger partial charge in [0.2, 0.25) is 0 Å². The summed E-state index contributed by atoms with van der Waals surface area (Å²) >= 11 is 0. The minimum Gasteiger partial charge on any atom is -0.381 e. The molecule has 1 aliphatic heterocycles. The highest BCUT2D eigenvalue weighted by Gasteiger charge is 2.25. The van der Waals surface area contributed by atoms with Gasteiger partial charge < -0.3 is 10.1 Å². The molecule has 2 unspecified atom stereocenters. The molecular formula is C16H20N2O. The molecule has 2 heterocycles. The number of pyridine rings is 1. The Morgan fingerprint density at radius 1 is 1.32 bits per heavy atom. The van der Waals surface area contributed by atoms with Crippen molar-refractivity contribution in [2.75, 3.05) is 20.3 Å². The molecule has 1 N–H and O–H groups in total. The number of ether oxygens (including phenoxy) is 1. The van der Waals surface area contributed by atoms with Gasteiger partial charge in [-0.05, 0) is 31.5 Å². The van der Waals surface area contributed by atoms with E-state index in [-0.39, 0.29) is 0 Å². The molecule has 3 heteroatoms. The van der Waals surface area contributed by atoms with Crippen LogP contribution in [0.1, 0.15) is 24.4 Å². The summed E-state index contributed by atoms with van der Waals surface area (Å²) in [6.07, 6.45) is 4.24. The van der Waals surface area contributed by atoms with Crippen LogP contribution in [0, 0.1) is 5.92 Å². The monoisotopic (exact) mass is 256 g/mol. The molecule has 2 aromatic rings. The molecule has 19 heavy (non-hydrogen) atoms. The van der Waals surface area contributed by atoms with Crippen molar-refractivity contribution >= 4 is 10.9 Å². The second-order valence-electron chi connectivity index (χ2n) is 5.17. The lowest BCUT2D eigenvalue weighted by Gasteiger charge is -2.30. The molecule has 0 radical (unpaired) electrons. The zero-order valence-corrected chi connectivity index (χ0v) is 11.3. The first-order valence-electron chi connectivity index (χ1n) is 6.99. The van der Waals surface area contributed by atoms with Crippen LogP contribution in [0.2, 0.25) is 0 Å². The first-order valence-corrected chi connectivity index (χ1v) is 6.99. The van der Waals surface area contributed by atoms with Crippen LogP contribution >= 0.6 is 0 Å². The molecule has 0 saturated carbocycles. The smallest absolute Gasteiger partial charge is 0.0749 e. The molecule has 3 rings (SSSR count). The van der Waals surface area contributed by atoms with E-state index in [1.54, 1.807) is 0 Å². The van der Waals surface area contributed by atoms with Gasteiger partial charge in [0.1, 0.15) is 0 Å². The molecule has 1 aliphatic rings. The summed E-state index contributed by atoms with van der Waals surface area (Å²) in [7, 11) is 2.03. The van der Waals surface area contributed by atoms with Crippen molar-refractivity contribution in [2.24, 2.45) is 5.92 Å². The minimum atomic E-state index is 0.318. The van der Waals surface area contributed by atoms with E-state index in [1.165, 1.54) is 17.4 Å². The maximum absolute atomic E-state index is 5.64. The van der Waals surface area contributed by atoms with Crippen molar-refractivity contribution in [2.45, 2.75) is 18.9 Å². The van der Waals surface area contributed by atoms with Gasteiger partial charge in [-0.3, -0.25) is 4.98 Å². The highest BCUT2D eigenvalue weighted by molar-refractivity contribution is 5.82. The van der Waals surface area contributed by atoms with Gasteiger partial charge in [-0.2, -0.15) is 0 Å². The summed E-state index contributed by atoms with van der Waals surface area (Å²) in [6, 6.07) is 10.9. The van der Waals surface area contributed by atoms with Crippen LogP contribution in [-0.2, 0) is 4.74 Å². The Hall–Kier alpha value is -1.45. The maximum atomic E-state index is 5.64. The van der Waals surface area contributed by atoms with E-state index in [4.69, 9.17) is 4.74 Å². The summed E-state index contributed by atoms with van der Waals surface area (Å²) in [5.41, 5.74) is 2.39. The minimum absolute atomic E-state index is 0.318. The normalized spacial score (nSPS) is 21.4. The van der Waals surface area contributed by atoms with Crippen molar-refractivity contribution in [3.05, 3.63) is 42.1 Å². The fraction of sp³-hybridized carbons (Fsp3) is 0.438. The first-order chi connectivity index (χ1) is 9.40. The number of nitrogens with one attached hydrogen (secondary N) is 1. The Labute approximate surface area is 114 Å². The van der Waals surface area contributed by atoms with Crippen LogP contribution < -0.4 is 5.32 Å². The fourth-order valence-electron chi connectivity index (χ4n) is 3.05. The van der Waals surface area contributed by atoms with Gasteiger partial charge >= 0.3 is 0 Å². The number of rotatable bonds is 3. The van der Waals surface area contributed by atoms with E-state index < -0.39 is 0 Å². The van der Waals surface area contributed by atoms with Crippen molar-refractivity contribution < 1.29 is 4.74 Å². The summed E-state index contributed by atoms with van der Waals surface area (Å²) in [6.45, 7) is 1.75. The van der Waals surface area contributed by atoms with E-state index in [2.05, 4.69) is 34.6 Å². The summed E-state index contributed by atoms with van der Waals surface area (Å²) in [5.74, 6) is 0.534. The lowest BCUT2D eigenvalue weighted by molar-refractivity contribution is 0.0404. The number of hydrogen-bond acceptors (Lipinski definition) is 3. The topological polar surface area (TPSA) is 34.2 Å². The molecule has 2 atom stereocenters. The van der Waals surface area contributed by atoms with Crippen molar-refractivity contribution in [1.82, 2.24) is 10.3 Å². The number of para-hydroxylation sites is 1. The third-order valence-corrected chi connectivity index (χ3v) is 3.98. The summed E-state index contributed by atoms with van der Waals surface area (Å²) < 4.78 is 5.64. The van der Waals surface area contributed by atoms with Crippen molar-refractivity contribution in [3.63, 3.8) is 0 Å². The number of benzene rings is 1. The molecule has 1 aromatic carbocycles. The molecule has 0 bridgehead atoms. The predicted molar refractivity (Wildman–Crippen MR) is 77.1 cm³/mol.